The molecule has 1 aromatic heterocycles. The summed E-state index contributed by atoms with van der Waals surface area (Å²) in [4.78, 5) is 12.9. The number of benzene rings is 1. The Kier molecular flexibility index (Phi) is 6.18. The van der Waals surface area contributed by atoms with Crippen LogP contribution in [0.2, 0.25) is 5.02 Å². The largest absolute Gasteiger partial charge is 0.467 e. The van der Waals surface area contributed by atoms with Gasteiger partial charge in [-0.05, 0) is 36.1 Å². The summed E-state index contributed by atoms with van der Waals surface area (Å²) >= 11 is 7.57. The molecule has 0 aliphatic heterocycles. The molecule has 0 saturated carbocycles. The first kappa shape index (κ1) is 16.7. The Morgan fingerprint density at radius 3 is 2.95 bits per heavy atom. The molecular formula is C15H17ClN2O3S. The third-order valence-corrected chi connectivity index (χ3v) is 4.01. The number of anilines is 1. The summed E-state index contributed by atoms with van der Waals surface area (Å²) in [7, 11) is 0. The zero-order valence-electron chi connectivity index (χ0n) is 12.0. The van der Waals surface area contributed by atoms with Crippen LogP contribution in [0, 0.1) is 0 Å². The van der Waals surface area contributed by atoms with Crippen LogP contribution in [0.25, 0.3) is 0 Å². The quantitative estimate of drug-likeness (QED) is 0.697. The fourth-order valence-corrected chi connectivity index (χ4v) is 2.73. The van der Waals surface area contributed by atoms with Gasteiger partial charge in [-0.1, -0.05) is 18.5 Å². The van der Waals surface area contributed by atoms with Crippen molar-refractivity contribution in [3.63, 3.8) is 0 Å². The third-order valence-electron chi connectivity index (χ3n) is 2.82. The number of carbonyl (C=O) groups excluding carboxylic acids is 1. The van der Waals surface area contributed by atoms with Gasteiger partial charge in [0.15, 0.2) is 0 Å². The number of furan rings is 1. The normalized spacial score (nSPS) is 12.0. The lowest BCUT2D eigenvalue weighted by atomic mass is 10.3. The van der Waals surface area contributed by atoms with E-state index in [-0.39, 0.29) is 6.54 Å². The molecule has 0 aliphatic carbocycles. The number of halogens is 1. The predicted molar refractivity (Wildman–Crippen MR) is 88.5 cm³/mol. The topological polar surface area (TPSA) is 74.5 Å². The minimum atomic E-state index is -0.885. The highest BCUT2D eigenvalue weighted by molar-refractivity contribution is 7.99. The number of hydrogen-bond acceptors (Lipinski definition) is 4. The van der Waals surface area contributed by atoms with Crippen LogP contribution >= 0.6 is 23.4 Å². The second kappa shape index (κ2) is 8.12. The molecule has 1 heterocycles. The second-order valence-corrected chi connectivity index (χ2v) is 6.18. The van der Waals surface area contributed by atoms with Crippen LogP contribution in [0.1, 0.15) is 18.8 Å². The molecule has 1 atom stereocenters. The van der Waals surface area contributed by atoms with Gasteiger partial charge in [0.1, 0.15) is 11.9 Å². The van der Waals surface area contributed by atoms with Crippen molar-refractivity contribution in [1.82, 2.24) is 5.32 Å². The number of aliphatic hydroxyl groups excluding tert-OH is 1. The molecular weight excluding hydrogens is 324 g/mol. The zero-order valence-corrected chi connectivity index (χ0v) is 13.6. The van der Waals surface area contributed by atoms with E-state index in [9.17, 15) is 9.90 Å². The van der Waals surface area contributed by atoms with Gasteiger partial charge >= 0.3 is 6.03 Å². The summed E-state index contributed by atoms with van der Waals surface area (Å²) in [6.07, 6.45) is 0.586. The van der Waals surface area contributed by atoms with E-state index < -0.39 is 12.1 Å². The summed E-state index contributed by atoms with van der Waals surface area (Å²) < 4.78 is 5.07. The molecule has 7 heteroatoms. The van der Waals surface area contributed by atoms with Crippen LogP contribution in [-0.2, 0) is 0 Å². The molecule has 5 nitrogen and oxygen atoms in total. The van der Waals surface area contributed by atoms with Crippen LogP contribution in [0.15, 0.2) is 45.9 Å². The fourth-order valence-electron chi connectivity index (χ4n) is 1.82. The van der Waals surface area contributed by atoms with E-state index in [2.05, 4.69) is 10.6 Å². The van der Waals surface area contributed by atoms with Crippen LogP contribution < -0.4 is 10.6 Å². The molecule has 2 rings (SSSR count). The van der Waals surface area contributed by atoms with E-state index in [1.807, 2.05) is 13.0 Å². The van der Waals surface area contributed by atoms with Gasteiger partial charge < -0.3 is 20.2 Å². The molecule has 0 saturated heterocycles. The minimum absolute atomic E-state index is 0.0518. The Labute approximate surface area is 138 Å². The lowest BCUT2D eigenvalue weighted by molar-refractivity contribution is 0.149. The molecule has 0 fully saturated rings. The maximum atomic E-state index is 11.9. The maximum absolute atomic E-state index is 11.9. The van der Waals surface area contributed by atoms with Gasteiger partial charge in [-0.25, -0.2) is 4.79 Å². The van der Waals surface area contributed by atoms with E-state index in [0.29, 0.717) is 16.5 Å². The lowest BCUT2D eigenvalue weighted by Gasteiger charge is -2.13. The molecule has 0 radical (unpaired) electrons. The molecule has 118 valence electrons. The van der Waals surface area contributed by atoms with Gasteiger partial charge in [0.2, 0.25) is 0 Å². The first-order valence-electron chi connectivity index (χ1n) is 6.78. The van der Waals surface area contributed by atoms with Crippen molar-refractivity contribution in [2.24, 2.45) is 0 Å². The van der Waals surface area contributed by atoms with Crippen molar-refractivity contribution in [2.45, 2.75) is 17.9 Å². The molecule has 0 bridgehead atoms. The third kappa shape index (κ3) is 4.69. The molecule has 2 amide bonds. The van der Waals surface area contributed by atoms with E-state index in [0.717, 1.165) is 10.6 Å². The maximum Gasteiger partial charge on any atom is 0.319 e. The van der Waals surface area contributed by atoms with Crippen molar-refractivity contribution in [2.75, 3.05) is 17.6 Å². The number of amides is 2. The van der Waals surface area contributed by atoms with Gasteiger partial charge in [-0.2, -0.15) is 0 Å². The zero-order chi connectivity index (χ0) is 15.9. The van der Waals surface area contributed by atoms with Gasteiger partial charge in [0.25, 0.3) is 0 Å². The molecule has 1 unspecified atom stereocenters. The van der Waals surface area contributed by atoms with Gasteiger partial charge in [-0.3, -0.25) is 0 Å². The number of aliphatic hydroxyl groups is 1. The molecule has 0 spiro atoms. The second-order valence-electron chi connectivity index (χ2n) is 4.44. The summed E-state index contributed by atoms with van der Waals surface area (Å²) in [6.45, 7) is 2.08. The molecule has 1 aromatic carbocycles. The molecule has 3 N–H and O–H groups in total. The monoisotopic (exact) mass is 340 g/mol. The number of rotatable bonds is 6. The average molecular weight is 341 g/mol. The predicted octanol–water partition coefficient (Wildman–Crippen LogP) is 3.90. The van der Waals surface area contributed by atoms with Gasteiger partial charge in [0, 0.05) is 9.92 Å². The van der Waals surface area contributed by atoms with Gasteiger partial charge in [0.05, 0.1) is 18.5 Å². The van der Waals surface area contributed by atoms with Crippen molar-refractivity contribution in [1.29, 1.82) is 0 Å². The lowest BCUT2D eigenvalue weighted by Crippen LogP contribution is -2.32. The van der Waals surface area contributed by atoms with Crippen LogP contribution in [0.5, 0.6) is 0 Å². The number of nitrogens with one attached hydrogen (secondary N) is 2. The highest BCUT2D eigenvalue weighted by Gasteiger charge is 2.13. The number of carbonyl (C=O) groups is 1. The van der Waals surface area contributed by atoms with Crippen molar-refractivity contribution >= 4 is 35.1 Å². The number of hydrogen-bond donors (Lipinski definition) is 3. The smallest absolute Gasteiger partial charge is 0.319 e. The summed E-state index contributed by atoms with van der Waals surface area (Å²) in [6, 6.07) is 8.26. The van der Waals surface area contributed by atoms with Crippen LogP contribution in [0.4, 0.5) is 10.5 Å². The summed E-state index contributed by atoms with van der Waals surface area (Å²) in [5.74, 6) is 1.29. The Morgan fingerprint density at radius 1 is 1.45 bits per heavy atom. The average Bonchev–Trinajstić information content (AvgIpc) is 3.02. The Hall–Kier alpha value is -1.63. The molecule has 22 heavy (non-hydrogen) atoms. The first-order chi connectivity index (χ1) is 10.6. The summed E-state index contributed by atoms with van der Waals surface area (Å²) in [5.41, 5.74) is 0.643. The first-order valence-corrected chi connectivity index (χ1v) is 8.15. The summed E-state index contributed by atoms with van der Waals surface area (Å²) in [5, 5.41) is 15.7. The van der Waals surface area contributed by atoms with Crippen molar-refractivity contribution in [3.05, 3.63) is 47.4 Å². The Balaban J connectivity index is 1.93. The standard InChI is InChI=1S/C15H17ClN2O3S/c1-2-22-14-6-5-10(16)8-11(14)18-15(20)17-9-12(19)13-4-3-7-21-13/h3-8,12,19H,2,9H2,1H3,(H2,17,18,20). The van der Waals surface area contributed by atoms with E-state index in [1.165, 1.54) is 6.26 Å². The van der Waals surface area contributed by atoms with Crippen molar-refractivity contribution < 1.29 is 14.3 Å². The van der Waals surface area contributed by atoms with E-state index in [1.54, 1.807) is 36.0 Å². The highest BCUT2D eigenvalue weighted by Crippen LogP contribution is 2.29. The Morgan fingerprint density at radius 2 is 2.27 bits per heavy atom. The van der Waals surface area contributed by atoms with E-state index in [4.69, 9.17) is 16.0 Å². The number of urea groups is 1. The van der Waals surface area contributed by atoms with E-state index >= 15 is 0 Å². The Bertz CT molecular complexity index is 619. The van der Waals surface area contributed by atoms with Gasteiger partial charge in [-0.15, -0.1) is 11.8 Å². The highest BCUT2D eigenvalue weighted by atomic mass is 35.5. The minimum Gasteiger partial charge on any atom is -0.467 e. The van der Waals surface area contributed by atoms with Crippen molar-refractivity contribution in [3.8, 4) is 0 Å². The van der Waals surface area contributed by atoms with Crippen LogP contribution in [-0.4, -0.2) is 23.4 Å². The SMILES string of the molecule is CCSc1ccc(Cl)cc1NC(=O)NCC(O)c1ccco1. The number of thioether (sulfide) groups is 1. The fraction of sp³-hybridized carbons (Fsp3) is 0.267. The van der Waals surface area contributed by atoms with Crippen LogP contribution in [0.3, 0.4) is 0 Å². The molecule has 0 aliphatic rings. The molecule has 2 aromatic rings.